The summed E-state index contributed by atoms with van der Waals surface area (Å²) in [5.41, 5.74) is 2.46. The van der Waals surface area contributed by atoms with Gasteiger partial charge in [0.2, 0.25) is 0 Å². The van der Waals surface area contributed by atoms with Crippen LogP contribution < -0.4 is 0 Å². The molecule has 0 spiro atoms. The fraction of sp³-hybridized carbons (Fsp3) is 0.562. The van der Waals surface area contributed by atoms with Crippen LogP contribution in [0.3, 0.4) is 0 Å². The number of ether oxygens (including phenoxy) is 1. The van der Waals surface area contributed by atoms with Crippen LogP contribution in [0, 0.1) is 6.10 Å². The van der Waals surface area contributed by atoms with Crippen molar-refractivity contribution < 1.29 is 14.5 Å². The first kappa shape index (κ1) is 16.2. The van der Waals surface area contributed by atoms with E-state index in [2.05, 4.69) is 32.9 Å². The van der Waals surface area contributed by atoms with Gasteiger partial charge in [-0.05, 0) is 30.4 Å². The quantitative estimate of drug-likeness (QED) is 0.425. The maximum atomic E-state index is 5.28. The molecule has 1 radical (unpaired) electrons. The smallest absolute Gasteiger partial charge is 0.161 e. The van der Waals surface area contributed by atoms with Crippen LogP contribution in [-0.4, -0.2) is 19.8 Å². The maximum Gasteiger partial charge on any atom is 0.161 e. The predicted octanol–water partition coefficient (Wildman–Crippen LogP) is 3.87. The van der Waals surface area contributed by atoms with Crippen LogP contribution in [0.15, 0.2) is 24.3 Å². The van der Waals surface area contributed by atoms with E-state index in [9.17, 15) is 0 Å². The standard InChI is InChI=1S/C16H25O3/c1-6-17-10-11-18-19-13(2)14-8-7-9-15(12-14)16(3,4)5/h7-9,12H,6,10-11H2,1-5H3. The first-order chi connectivity index (χ1) is 8.95. The van der Waals surface area contributed by atoms with Crippen molar-refractivity contribution in [1.29, 1.82) is 0 Å². The normalized spacial score (nSPS) is 12.1. The molecule has 0 aliphatic rings. The summed E-state index contributed by atoms with van der Waals surface area (Å²) >= 11 is 0. The monoisotopic (exact) mass is 265 g/mol. The number of hydrogen-bond acceptors (Lipinski definition) is 3. The van der Waals surface area contributed by atoms with E-state index in [4.69, 9.17) is 14.5 Å². The Bertz CT molecular complexity index is 369. The molecule has 0 atom stereocenters. The maximum absolute atomic E-state index is 5.28. The van der Waals surface area contributed by atoms with Crippen molar-refractivity contribution in [2.45, 2.75) is 40.0 Å². The molecule has 0 saturated heterocycles. The Morgan fingerprint density at radius 2 is 1.89 bits per heavy atom. The van der Waals surface area contributed by atoms with E-state index in [1.807, 2.05) is 26.0 Å². The highest BCUT2D eigenvalue weighted by molar-refractivity contribution is 5.34. The molecule has 3 nitrogen and oxygen atoms in total. The summed E-state index contributed by atoms with van der Waals surface area (Å²) in [5, 5.41) is 0. The first-order valence-corrected chi connectivity index (χ1v) is 6.77. The fourth-order valence-electron chi connectivity index (χ4n) is 1.62. The number of hydrogen-bond donors (Lipinski definition) is 0. The topological polar surface area (TPSA) is 27.7 Å². The van der Waals surface area contributed by atoms with Gasteiger partial charge in [0.15, 0.2) is 6.10 Å². The van der Waals surface area contributed by atoms with Gasteiger partial charge in [-0.1, -0.05) is 45.0 Å². The molecule has 0 unspecified atom stereocenters. The summed E-state index contributed by atoms with van der Waals surface area (Å²) in [6.07, 6.45) is 0.766. The van der Waals surface area contributed by atoms with Crippen LogP contribution in [0.2, 0.25) is 0 Å². The average Bonchev–Trinajstić information content (AvgIpc) is 2.37. The highest BCUT2D eigenvalue weighted by Gasteiger charge is 2.16. The van der Waals surface area contributed by atoms with Crippen LogP contribution in [0.5, 0.6) is 0 Å². The number of rotatable bonds is 7. The SMILES string of the molecule is CCOCCOO[C](C)c1cccc(C(C)(C)C)c1. The summed E-state index contributed by atoms with van der Waals surface area (Å²) < 4.78 is 5.17. The largest absolute Gasteiger partial charge is 0.379 e. The zero-order chi connectivity index (χ0) is 14.3. The Morgan fingerprint density at radius 3 is 2.53 bits per heavy atom. The molecule has 1 aromatic rings. The van der Waals surface area contributed by atoms with Crippen LogP contribution in [0.4, 0.5) is 0 Å². The first-order valence-electron chi connectivity index (χ1n) is 6.77. The van der Waals surface area contributed by atoms with Crippen molar-refractivity contribution in [3.63, 3.8) is 0 Å². The molecule has 0 aliphatic heterocycles. The highest BCUT2D eigenvalue weighted by Crippen LogP contribution is 2.25. The van der Waals surface area contributed by atoms with Gasteiger partial charge in [-0.15, -0.1) is 0 Å². The van der Waals surface area contributed by atoms with Gasteiger partial charge in [0.1, 0.15) is 6.61 Å². The highest BCUT2D eigenvalue weighted by atomic mass is 17.2. The van der Waals surface area contributed by atoms with Crippen LogP contribution in [0.25, 0.3) is 0 Å². The average molecular weight is 265 g/mol. The van der Waals surface area contributed by atoms with Crippen molar-refractivity contribution in [1.82, 2.24) is 0 Å². The van der Waals surface area contributed by atoms with E-state index < -0.39 is 0 Å². The second-order valence-electron chi connectivity index (χ2n) is 5.49. The molecule has 0 amide bonds. The Labute approximate surface area is 116 Å². The summed E-state index contributed by atoms with van der Waals surface area (Å²) in [5.74, 6) is 0. The zero-order valence-corrected chi connectivity index (χ0v) is 12.7. The molecule has 0 fully saturated rings. The Morgan fingerprint density at radius 1 is 1.16 bits per heavy atom. The van der Waals surface area contributed by atoms with Crippen molar-refractivity contribution in [3.05, 3.63) is 41.5 Å². The molecule has 0 aromatic heterocycles. The third-order valence-electron chi connectivity index (χ3n) is 2.83. The van der Waals surface area contributed by atoms with Gasteiger partial charge in [-0.3, -0.25) is 0 Å². The predicted molar refractivity (Wildman–Crippen MR) is 76.7 cm³/mol. The van der Waals surface area contributed by atoms with E-state index in [0.29, 0.717) is 19.8 Å². The van der Waals surface area contributed by atoms with Gasteiger partial charge in [0.25, 0.3) is 0 Å². The minimum atomic E-state index is 0.131. The molecule has 1 aromatic carbocycles. The second kappa shape index (κ2) is 7.63. The van der Waals surface area contributed by atoms with E-state index in [1.165, 1.54) is 5.56 Å². The fourth-order valence-corrected chi connectivity index (χ4v) is 1.62. The molecule has 107 valence electrons. The Balaban J connectivity index is 2.50. The van der Waals surface area contributed by atoms with Gasteiger partial charge in [0.05, 0.1) is 6.61 Å². The summed E-state index contributed by atoms with van der Waals surface area (Å²) in [6.45, 7) is 12.1. The summed E-state index contributed by atoms with van der Waals surface area (Å²) in [4.78, 5) is 10.4. The van der Waals surface area contributed by atoms with Crippen molar-refractivity contribution in [3.8, 4) is 0 Å². The van der Waals surface area contributed by atoms with Crippen molar-refractivity contribution in [2.24, 2.45) is 0 Å². The molecule has 19 heavy (non-hydrogen) atoms. The molecular formula is C16H25O3. The van der Waals surface area contributed by atoms with E-state index in [0.717, 1.165) is 11.7 Å². The summed E-state index contributed by atoms with van der Waals surface area (Å²) in [7, 11) is 0. The third kappa shape index (κ3) is 5.72. The molecule has 0 bridgehead atoms. The lowest BCUT2D eigenvalue weighted by Crippen LogP contribution is -2.12. The lowest BCUT2D eigenvalue weighted by Gasteiger charge is -2.20. The zero-order valence-electron chi connectivity index (χ0n) is 12.7. The van der Waals surface area contributed by atoms with E-state index in [-0.39, 0.29) is 5.41 Å². The number of benzene rings is 1. The van der Waals surface area contributed by atoms with Gasteiger partial charge >= 0.3 is 0 Å². The van der Waals surface area contributed by atoms with Crippen LogP contribution >= 0.6 is 0 Å². The summed E-state index contributed by atoms with van der Waals surface area (Å²) in [6, 6.07) is 8.34. The van der Waals surface area contributed by atoms with Crippen molar-refractivity contribution >= 4 is 0 Å². The third-order valence-corrected chi connectivity index (χ3v) is 2.83. The van der Waals surface area contributed by atoms with Gasteiger partial charge in [0, 0.05) is 6.61 Å². The lowest BCUT2D eigenvalue weighted by atomic mass is 9.86. The molecule has 1 rings (SSSR count). The Kier molecular flexibility index (Phi) is 6.49. The van der Waals surface area contributed by atoms with Crippen molar-refractivity contribution in [2.75, 3.05) is 19.8 Å². The second-order valence-corrected chi connectivity index (χ2v) is 5.49. The van der Waals surface area contributed by atoms with E-state index >= 15 is 0 Å². The van der Waals surface area contributed by atoms with Crippen LogP contribution in [0.1, 0.15) is 45.7 Å². The minimum Gasteiger partial charge on any atom is -0.379 e. The Hall–Kier alpha value is -0.900. The van der Waals surface area contributed by atoms with Crippen LogP contribution in [-0.2, 0) is 19.9 Å². The molecule has 0 heterocycles. The molecule has 3 heteroatoms. The van der Waals surface area contributed by atoms with Gasteiger partial charge < -0.3 is 4.74 Å². The van der Waals surface area contributed by atoms with E-state index in [1.54, 1.807) is 0 Å². The molecule has 0 aliphatic carbocycles. The minimum absolute atomic E-state index is 0.131. The molecule has 0 saturated carbocycles. The van der Waals surface area contributed by atoms with Gasteiger partial charge in [-0.25, -0.2) is 9.78 Å². The van der Waals surface area contributed by atoms with Gasteiger partial charge in [-0.2, -0.15) is 0 Å². The lowest BCUT2D eigenvalue weighted by molar-refractivity contribution is -0.285. The molecule has 0 N–H and O–H groups in total. The molecular weight excluding hydrogens is 240 g/mol.